The van der Waals surface area contributed by atoms with E-state index in [1.54, 1.807) is 12.1 Å². The van der Waals surface area contributed by atoms with Crippen LogP contribution >= 0.6 is 0 Å². The van der Waals surface area contributed by atoms with Crippen LogP contribution in [-0.4, -0.2) is 14.4 Å². The molecule has 4 nitrogen and oxygen atoms in total. The third-order valence-corrected chi connectivity index (χ3v) is 8.04. The number of hydrogen-bond acceptors (Lipinski definition) is 3. The maximum atomic E-state index is 9.75. The van der Waals surface area contributed by atoms with Gasteiger partial charge in [0.05, 0.1) is 11.6 Å². The zero-order valence-electron chi connectivity index (χ0n) is 31.4. The molecule has 4 aromatic heterocycles. The zero-order chi connectivity index (χ0) is 36.3. The third-order valence-electron chi connectivity index (χ3n) is 8.04. The summed E-state index contributed by atoms with van der Waals surface area (Å²) in [5.41, 5.74) is 8.61. The molecule has 0 saturated heterocycles. The minimum Gasteiger partial charge on any atom is -0.348 e. The third kappa shape index (κ3) is 5.45. The first-order chi connectivity index (χ1) is 24.1. The van der Waals surface area contributed by atoms with Crippen molar-refractivity contribution in [2.45, 2.75) is 39.9 Å². The van der Waals surface area contributed by atoms with Crippen LogP contribution in [0.15, 0.2) is 103 Å². The van der Waals surface area contributed by atoms with Crippen molar-refractivity contribution in [1.29, 1.82) is 5.26 Å². The summed E-state index contributed by atoms with van der Waals surface area (Å²) in [7, 11) is 0. The molecule has 0 N–H and O–H groups in total. The Morgan fingerprint density at radius 2 is 1.59 bits per heavy atom. The summed E-state index contributed by atoms with van der Waals surface area (Å²) in [6, 6.07) is 37.2. The Kier molecular flexibility index (Phi) is 6.43. The maximum absolute atomic E-state index is 9.75. The molecule has 4 aromatic carbocycles. The summed E-state index contributed by atoms with van der Waals surface area (Å²) in [6.07, 6.45) is 3.12. The number of nitrogens with zero attached hydrogens (tertiary/aromatic N) is 4. The Morgan fingerprint density at radius 1 is 0.804 bits per heavy atom. The summed E-state index contributed by atoms with van der Waals surface area (Å²) in [5, 5.41) is 14.4. The number of aromatic nitrogens is 3. The van der Waals surface area contributed by atoms with E-state index < -0.39 is 13.7 Å². The van der Waals surface area contributed by atoms with E-state index in [-0.39, 0.29) is 36.6 Å². The number of hydrogen-bond donors (Lipinski definition) is 0. The fourth-order valence-corrected chi connectivity index (χ4v) is 5.99. The second-order valence-electron chi connectivity index (χ2n) is 12.1. The van der Waals surface area contributed by atoms with E-state index in [0.29, 0.717) is 16.8 Å². The van der Waals surface area contributed by atoms with Gasteiger partial charge in [0.2, 0.25) is 0 Å². The van der Waals surface area contributed by atoms with E-state index in [1.807, 2.05) is 30.5 Å². The minimum absolute atomic E-state index is 0. The van der Waals surface area contributed by atoms with Gasteiger partial charge in [0.1, 0.15) is 0 Å². The molecule has 0 unspecified atom stereocenters. The summed E-state index contributed by atoms with van der Waals surface area (Å²) in [4.78, 5) is 8.66. The van der Waals surface area contributed by atoms with E-state index in [1.165, 1.54) is 46.1 Å². The van der Waals surface area contributed by atoms with Gasteiger partial charge < -0.3 is 9.38 Å². The molecule has 0 spiro atoms. The molecule has 8 aromatic rings. The predicted molar refractivity (Wildman–Crippen MR) is 185 cm³/mol. The van der Waals surface area contributed by atoms with E-state index >= 15 is 0 Å². The Bertz CT molecular complexity index is 2520. The van der Waals surface area contributed by atoms with Crippen molar-refractivity contribution in [3.63, 3.8) is 0 Å². The molecular weight excluding hydrogens is 741 g/mol. The fourth-order valence-electron chi connectivity index (χ4n) is 5.99. The predicted octanol–water partition coefficient (Wildman–Crippen LogP) is 10.0. The van der Waals surface area contributed by atoms with Gasteiger partial charge in [-0.1, -0.05) is 91.8 Å². The minimum atomic E-state index is -2.18. The molecule has 8 rings (SSSR count). The largest absolute Gasteiger partial charge is 0.348 e. The van der Waals surface area contributed by atoms with E-state index in [0.717, 1.165) is 33.2 Å². The Hall–Kier alpha value is -4.88. The molecule has 5 heteroatoms. The summed E-state index contributed by atoms with van der Waals surface area (Å²) in [5.74, 6) is 0. The molecule has 0 aliphatic carbocycles. The van der Waals surface area contributed by atoms with E-state index in [4.69, 9.17) is 8.22 Å². The van der Waals surface area contributed by atoms with E-state index in [9.17, 15) is 5.26 Å². The number of aryl methyl sites for hydroxylation is 2. The number of benzene rings is 4. The first-order valence-corrected chi connectivity index (χ1v) is 14.6. The normalized spacial score (nSPS) is 13.9. The molecule has 227 valence electrons. The van der Waals surface area contributed by atoms with Crippen LogP contribution in [0.3, 0.4) is 0 Å². The number of rotatable bonds is 2. The van der Waals surface area contributed by atoms with Gasteiger partial charge in [-0.3, -0.25) is 4.98 Å². The van der Waals surface area contributed by atoms with Crippen molar-refractivity contribution in [1.82, 2.24) is 14.4 Å². The second kappa shape index (κ2) is 12.1. The molecule has 0 bridgehead atoms. The van der Waals surface area contributed by atoms with Gasteiger partial charge in [0.25, 0.3) is 0 Å². The average Bonchev–Trinajstić information content (AvgIpc) is 3.62. The van der Waals surface area contributed by atoms with Crippen molar-refractivity contribution in [2.75, 3.05) is 0 Å². The molecule has 46 heavy (non-hydrogen) atoms. The Labute approximate surface area is 291 Å². The van der Waals surface area contributed by atoms with Gasteiger partial charge >= 0.3 is 0 Å². The standard InChI is InChI=1S/C28H20N3.C13H12N.Ir/c1-28(2,3)22-12-17(16-29)13-25-26(22)21-15-18(23-9-6-7-11-30-23)14-20-19-8-4-5-10-24(19)31(25)27(20)21;1-10-3-6-12(7-4-10)13-8-5-11(2)9-14-13;/h4-13,15H,1-3H3;3-6,8-9H,1-2H3;/q2*-1;/i;1D3,2D3;. The van der Waals surface area contributed by atoms with Crippen molar-refractivity contribution in [3.8, 4) is 28.6 Å². The molecule has 0 amide bonds. The molecule has 1 radical (unpaired) electrons. The zero-order valence-corrected chi connectivity index (χ0v) is 27.8. The van der Waals surface area contributed by atoms with Crippen LogP contribution < -0.4 is 0 Å². The molecule has 0 saturated carbocycles. The number of para-hydroxylation sites is 1. The van der Waals surface area contributed by atoms with Crippen LogP contribution in [-0.2, 0) is 25.5 Å². The van der Waals surface area contributed by atoms with Crippen LogP contribution in [0.1, 0.15) is 51.2 Å². The monoisotopic (exact) mass is 779 g/mol. The second-order valence-corrected chi connectivity index (χ2v) is 12.1. The van der Waals surface area contributed by atoms with Gasteiger partial charge in [-0.15, -0.1) is 47.5 Å². The smallest absolute Gasteiger partial charge is 0.0992 e. The van der Waals surface area contributed by atoms with Crippen molar-refractivity contribution in [3.05, 3.63) is 138 Å². The molecular formula is C41H32IrN4-2. The van der Waals surface area contributed by atoms with Gasteiger partial charge in [-0.2, -0.15) is 5.26 Å². The van der Waals surface area contributed by atoms with Crippen molar-refractivity contribution < 1.29 is 28.3 Å². The van der Waals surface area contributed by atoms with Crippen molar-refractivity contribution in [2.24, 2.45) is 0 Å². The number of nitriles is 1. The van der Waals surface area contributed by atoms with Gasteiger partial charge in [-0.05, 0) is 64.3 Å². The molecule has 0 aliphatic rings. The topological polar surface area (TPSA) is 54.0 Å². The molecule has 4 heterocycles. The first kappa shape index (κ1) is 24.4. The number of pyridine rings is 2. The SMILES string of the molecule is CC(C)(C)c1cc(C#N)cc2c1c1cc(-c3ccccn3)[c-]c3c4ccccc4n2c31.[2H]C([2H])([2H])c1c[c-]c(-c2ccc(C([2H])([2H])[2H])cn2)cc1.[Ir]. The Morgan fingerprint density at radius 3 is 2.26 bits per heavy atom. The fraction of sp³-hybridized carbons (Fsp3) is 0.146. The summed E-state index contributed by atoms with van der Waals surface area (Å²) in [6.45, 7) is 2.29. The van der Waals surface area contributed by atoms with Crippen LogP contribution in [0.4, 0.5) is 0 Å². The van der Waals surface area contributed by atoms with Crippen LogP contribution in [0.5, 0.6) is 0 Å². The van der Waals surface area contributed by atoms with Gasteiger partial charge in [-0.25, -0.2) is 0 Å². The van der Waals surface area contributed by atoms with Gasteiger partial charge in [0.15, 0.2) is 0 Å². The van der Waals surface area contributed by atoms with Gasteiger partial charge in [0, 0.05) is 57.5 Å². The molecule has 0 atom stereocenters. The summed E-state index contributed by atoms with van der Waals surface area (Å²) < 4.78 is 46.0. The molecule has 0 aliphatic heterocycles. The Balaban J connectivity index is 0.000000193. The van der Waals surface area contributed by atoms with Crippen LogP contribution in [0.25, 0.3) is 60.6 Å². The van der Waals surface area contributed by atoms with Crippen LogP contribution in [0, 0.1) is 37.2 Å². The van der Waals surface area contributed by atoms with Crippen molar-refractivity contribution >= 4 is 38.1 Å². The maximum Gasteiger partial charge on any atom is 0.0992 e. The summed E-state index contributed by atoms with van der Waals surface area (Å²) >= 11 is 0. The van der Waals surface area contributed by atoms with Crippen LogP contribution in [0.2, 0.25) is 0 Å². The molecule has 0 fully saturated rings. The first-order valence-electron chi connectivity index (χ1n) is 17.6. The van der Waals surface area contributed by atoms with E-state index in [2.05, 4.69) is 89.7 Å². The number of fused-ring (bicyclic) bond motifs is 6. The average molecular weight is 779 g/mol. The quantitative estimate of drug-likeness (QED) is 0.164.